The molecule has 0 radical (unpaired) electrons. The molecule has 6 nitrogen and oxygen atoms in total. The summed E-state index contributed by atoms with van der Waals surface area (Å²) in [5.74, 6) is 0.634. The van der Waals surface area contributed by atoms with Crippen LogP contribution >= 0.6 is 0 Å². The highest BCUT2D eigenvalue weighted by atomic mass is 16.5. The Bertz CT molecular complexity index is 589. The predicted octanol–water partition coefficient (Wildman–Crippen LogP) is 0.562. The van der Waals surface area contributed by atoms with Crippen molar-refractivity contribution in [2.45, 2.75) is 6.42 Å². The number of benzene rings is 1. The number of hydrogen-bond acceptors (Lipinski definition) is 4. The van der Waals surface area contributed by atoms with E-state index < -0.39 is 0 Å². The zero-order valence-corrected chi connectivity index (χ0v) is 9.88. The van der Waals surface area contributed by atoms with Gasteiger partial charge in [-0.15, -0.1) is 5.10 Å². The number of nitrogens with zero attached hydrogens (tertiary/aromatic N) is 3. The van der Waals surface area contributed by atoms with E-state index in [0.717, 1.165) is 23.6 Å². The van der Waals surface area contributed by atoms with E-state index in [0.29, 0.717) is 12.2 Å². The summed E-state index contributed by atoms with van der Waals surface area (Å²) in [5.41, 5.74) is 2.06. The summed E-state index contributed by atoms with van der Waals surface area (Å²) in [7, 11) is 1.61. The first-order valence-electron chi connectivity index (χ1n) is 5.67. The van der Waals surface area contributed by atoms with Gasteiger partial charge in [0, 0.05) is 13.0 Å². The fourth-order valence-corrected chi connectivity index (χ4v) is 1.99. The van der Waals surface area contributed by atoms with E-state index in [1.807, 2.05) is 24.3 Å². The fraction of sp³-hybridized carbons (Fsp3) is 0.250. The first-order valence-corrected chi connectivity index (χ1v) is 5.67. The molecular weight excluding hydrogens is 232 g/mol. The lowest BCUT2D eigenvalue weighted by atomic mass is 10.1. The molecule has 0 saturated heterocycles. The van der Waals surface area contributed by atoms with E-state index in [4.69, 9.17) is 4.74 Å². The lowest BCUT2D eigenvalue weighted by Gasteiger charge is -2.13. The Morgan fingerprint density at radius 2 is 2.11 bits per heavy atom. The van der Waals surface area contributed by atoms with Crippen LogP contribution in [0.3, 0.4) is 0 Å². The van der Waals surface area contributed by atoms with Crippen LogP contribution in [-0.2, 0) is 6.42 Å². The molecule has 0 unspecified atom stereocenters. The maximum absolute atomic E-state index is 11.8. The van der Waals surface area contributed by atoms with E-state index in [-0.39, 0.29) is 5.91 Å². The fourth-order valence-electron chi connectivity index (χ4n) is 1.99. The van der Waals surface area contributed by atoms with Crippen molar-refractivity contribution in [3.63, 3.8) is 0 Å². The Kier molecular flexibility index (Phi) is 2.47. The molecule has 0 fully saturated rings. The summed E-state index contributed by atoms with van der Waals surface area (Å²) < 4.78 is 6.65. The van der Waals surface area contributed by atoms with Gasteiger partial charge in [-0.1, -0.05) is 5.21 Å². The Morgan fingerprint density at radius 1 is 1.33 bits per heavy atom. The maximum Gasteiger partial charge on any atom is 0.272 e. The molecule has 1 aromatic heterocycles. The quantitative estimate of drug-likeness (QED) is 0.838. The topological polar surface area (TPSA) is 69.0 Å². The minimum Gasteiger partial charge on any atom is -0.497 e. The molecule has 1 aromatic carbocycles. The van der Waals surface area contributed by atoms with E-state index in [1.54, 1.807) is 11.8 Å². The molecule has 0 saturated carbocycles. The van der Waals surface area contributed by atoms with E-state index >= 15 is 0 Å². The van der Waals surface area contributed by atoms with Gasteiger partial charge in [0.25, 0.3) is 5.91 Å². The van der Waals surface area contributed by atoms with Crippen LogP contribution in [0.25, 0.3) is 5.69 Å². The Morgan fingerprint density at radius 3 is 2.83 bits per heavy atom. The second kappa shape index (κ2) is 4.14. The average Bonchev–Trinajstić information content (AvgIpc) is 2.84. The lowest BCUT2D eigenvalue weighted by Crippen LogP contribution is -2.33. The second-order valence-corrected chi connectivity index (χ2v) is 4.00. The van der Waals surface area contributed by atoms with Gasteiger partial charge in [-0.2, -0.15) is 0 Å². The molecule has 92 valence electrons. The highest BCUT2D eigenvalue weighted by Gasteiger charge is 2.24. The summed E-state index contributed by atoms with van der Waals surface area (Å²) in [5, 5.41) is 10.9. The highest BCUT2D eigenvalue weighted by molar-refractivity contribution is 5.95. The number of amides is 1. The molecule has 1 aliphatic rings. The van der Waals surface area contributed by atoms with Crippen LogP contribution in [0.5, 0.6) is 5.75 Å². The minimum absolute atomic E-state index is 0.128. The number of rotatable bonds is 2. The van der Waals surface area contributed by atoms with Crippen LogP contribution < -0.4 is 10.1 Å². The standard InChI is InChI=1S/C12H12N4O2/c1-18-9-4-2-8(3-5-9)16-11-10(14-15-16)6-7-13-12(11)17/h2-5H,6-7H2,1H3,(H,13,17). The number of fused-ring (bicyclic) bond motifs is 1. The normalized spacial score (nSPS) is 13.9. The molecule has 1 amide bonds. The molecule has 0 atom stereocenters. The number of methoxy groups -OCH3 is 1. The van der Waals surface area contributed by atoms with Crippen LogP contribution in [0.15, 0.2) is 24.3 Å². The molecule has 1 N–H and O–H groups in total. The van der Waals surface area contributed by atoms with Crippen LogP contribution in [-0.4, -0.2) is 34.6 Å². The summed E-state index contributed by atoms with van der Waals surface area (Å²) in [6.07, 6.45) is 0.719. The van der Waals surface area contributed by atoms with Gasteiger partial charge < -0.3 is 10.1 Å². The van der Waals surface area contributed by atoms with Gasteiger partial charge in [-0.05, 0) is 24.3 Å². The monoisotopic (exact) mass is 244 g/mol. The van der Waals surface area contributed by atoms with Gasteiger partial charge in [0.05, 0.1) is 18.5 Å². The summed E-state index contributed by atoms with van der Waals surface area (Å²) in [6, 6.07) is 7.33. The van der Waals surface area contributed by atoms with Crippen molar-refractivity contribution in [2.24, 2.45) is 0 Å². The van der Waals surface area contributed by atoms with Crippen molar-refractivity contribution >= 4 is 5.91 Å². The predicted molar refractivity (Wildman–Crippen MR) is 63.9 cm³/mol. The van der Waals surface area contributed by atoms with Crippen molar-refractivity contribution in [1.82, 2.24) is 20.3 Å². The third kappa shape index (κ3) is 1.62. The van der Waals surface area contributed by atoms with Gasteiger partial charge in [0.2, 0.25) is 0 Å². The molecule has 0 spiro atoms. The molecule has 0 aliphatic carbocycles. The Balaban J connectivity index is 2.06. The van der Waals surface area contributed by atoms with Gasteiger partial charge in [-0.3, -0.25) is 4.79 Å². The molecule has 3 rings (SSSR count). The van der Waals surface area contributed by atoms with Crippen LogP contribution in [0.2, 0.25) is 0 Å². The van der Waals surface area contributed by atoms with Crippen LogP contribution in [0.1, 0.15) is 16.2 Å². The number of ether oxygens (including phenoxy) is 1. The first kappa shape index (κ1) is 10.8. The molecular formula is C12H12N4O2. The van der Waals surface area contributed by atoms with Crippen LogP contribution in [0.4, 0.5) is 0 Å². The number of carbonyl (C=O) groups is 1. The second-order valence-electron chi connectivity index (χ2n) is 4.00. The molecule has 2 aromatic rings. The average molecular weight is 244 g/mol. The maximum atomic E-state index is 11.8. The summed E-state index contributed by atoms with van der Waals surface area (Å²) >= 11 is 0. The number of hydrogen-bond donors (Lipinski definition) is 1. The van der Waals surface area contributed by atoms with Crippen LogP contribution in [0, 0.1) is 0 Å². The number of aromatic nitrogens is 3. The smallest absolute Gasteiger partial charge is 0.272 e. The van der Waals surface area contributed by atoms with Crippen molar-refractivity contribution in [2.75, 3.05) is 13.7 Å². The van der Waals surface area contributed by atoms with Crippen molar-refractivity contribution in [3.05, 3.63) is 35.7 Å². The number of carbonyl (C=O) groups excluding carboxylic acids is 1. The first-order chi connectivity index (χ1) is 8.79. The summed E-state index contributed by atoms with van der Waals surface area (Å²) in [4.78, 5) is 11.8. The third-order valence-corrected chi connectivity index (χ3v) is 2.92. The van der Waals surface area contributed by atoms with E-state index in [2.05, 4.69) is 15.6 Å². The minimum atomic E-state index is -0.128. The Hall–Kier alpha value is -2.37. The van der Waals surface area contributed by atoms with Gasteiger partial charge in [-0.25, -0.2) is 4.68 Å². The zero-order chi connectivity index (χ0) is 12.5. The highest BCUT2D eigenvalue weighted by Crippen LogP contribution is 2.18. The van der Waals surface area contributed by atoms with E-state index in [1.165, 1.54) is 0 Å². The number of nitrogens with one attached hydrogen (secondary N) is 1. The van der Waals surface area contributed by atoms with Crippen molar-refractivity contribution in [3.8, 4) is 11.4 Å². The van der Waals surface area contributed by atoms with E-state index in [9.17, 15) is 4.79 Å². The largest absolute Gasteiger partial charge is 0.497 e. The van der Waals surface area contributed by atoms with Gasteiger partial charge in [0.15, 0.2) is 5.69 Å². The molecule has 0 bridgehead atoms. The van der Waals surface area contributed by atoms with Gasteiger partial charge in [0.1, 0.15) is 5.75 Å². The Labute approximate surface area is 104 Å². The molecule has 1 aliphatic heterocycles. The zero-order valence-electron chi connectivity index (χ0n) is 9.88. The van der Waals surface area contributed by atoms with Crippen molar-refractivity contribution in [1.29, 1.82) is 0 Å². The van der Waals surface area contributed by atoms with Gasteiger partial charge >= 0.3 is 0 Å². The summed E-state index contributed by atoms with van der Waals surface area (Å²) in [6.45, 7) is 0.618. The molecule has 6 heteroatoms. The van der Waals surface area contributed by atoms with Crippen molar-refractivity contribution < 1.29 is 9.53 Å². The molecule has 18 heavy (non-hydrogen) atoms. The lowest BCUT2D eigenvalue weighted by molar-refractivity contribution is 0.0938. The third-order valence-electron chi connectivity index (χ3n) is 2.92. The molecule has 2 heterocycles. The SMILES string of the molecule is COc1ccc(-n2nnc3c2C(=O)NCC3)cc1.